The van der Waals surface area contributed by atoms with Crippen molar-refractivity contribution in [2.75, 3.05) is 24.7 Å². The summed E-state index contributed by atoms with van der Waals surface area (Å²) in [5, 5.41) is 10.5. The molecule has 3 unspecified atom stereocenters. The number of carbonyl (C=O) groups excluding carboxylic acids is 3. The van der Waals surface area contributed by atoms with Crippen LogP contribution in [0.15, 0.2) is 43.5 Å². The van der Waals surface area contributed by atoms with Crippen LogP contribution in [0.25, 0.3) is 0 Å². The molecule has 3 aliphatic heterocycles. The summed E-state index contributed by atoms with van der Waals surface area (Å²) in [4.78, 5) is 46.4. The third-order valence-electron chi connectivity index (χ3n) is 9.83. The number of allylic oxidation sites excluding steroid dienone is 1. The van der Waals surface area contributed by atoms with Crippen LogP contribution in [0.4, 0.5) is 5.69 Å². The van der Waals surface area contributed by atoms with Crippen molar-refractivity contribution in [1.29, 1.82) is 0 Å². The Labute approximate surface area is 250 Å². The van der Waals surface area contributed by atoms with Gasteiger partial charge in [0.05, 0.1) is 30.8 Å². The van der Waals surface area contributed by atoms with Crippen LogP contribution in [0.5, 0.6) is 0 Å². The van der Waals surface area contributed by atoms with Crippen LogP contribution in [0.1, 0.15) is 64.5 Å². The quantitative estimate of drug-likeness (QED) is 0.206. The number of esters is 1. The van der Waals surface area contributed by atoms with Gasteiger partial charge in [-0.15, -0.1) is 13.2 Å². The Morgan fingerprint density at radius 1 is 1.24 bits per heavy atom. The fourth-order valence-electron chi connectivity index (χ4n) is 7.54. The molecule has 0 saturated carbocycles. The molecule has 230 valence electrons. The second-order valence-corrected chi connectivity index (χ2v) is 12.9. The van der Waals surface area contributed by atoms with Crippen molar-refractivity contribution in [3.63, 3.8) is 0 Å². The molecule has 4 rings (SSSR count). The van der Waals surface area contributed by atoms with Crippen LogP contribution < -0.4 is 4.90 Å². The van der Waals surface area contributed by atoms with Gasteiger partial charge in [0.25, 0.3) is 5.91 Å². The van der Waals surface area contributed by atoms with Crippen LogP contribution in [0.2, 0.25) is 0 Å². The van der Waals surface area contributed by atoms with Gasteiger partial charge in [0.15, 0.2) is 0 Å². The minimum atomic E-state index is -1.23. The summed E-state index contributed by atoms with van der Waals surface area (Å²) in [5.74, 6) is -3.07. The Bertz CT molecular complexity index is 1230. The van der Waals surface area contributed by atoms with E-state index in [2.05, 4.69) is 13.2 Å². The lowest BCUT2D eigenvalue weighted by molar-refractivity contribution is -0.163. The lowest BCUT2D eigenvalue weighted by Crippen LogP contribution is -2.60. The summed E-state index contributed by atoms with van der Waals surface area (Å²) in [5.41, 5.74) is 0.461. The Kier molecular flexibility index (Phi) is 9.38. The zero-order chi connectivity index (χ0) is 31.0. The lowest BCUT2D eigenvalue weighted by atomic mass is 9.62. The number of aryl methyl sites for hydroxylation is 2. The lowest BCUT2D eigenvalue weighted by Gasteiger charge is -2.41. The summed E-state index contributed by atoms with van der Waals surface area (Å²) in [7, 11) is 0. The van der Waals surface area contributed by atoms with E-state index in [1.807, 2.05) is 65.8 Å². The fourth-order valence-corrected chi connectivity index (χ4v) is 7.54. The molecule has 7 atom stereocenters. The van der Waals surface area contributed by atoms with E-state index in [9.17, 15) is 19.5 Å². The largest absolute Gasteiger partial charge is 0.465 e. The van der Waals surface area contributed by atoms with Gasteiger partial charge >= 0.3 is 5.97 Å². The highest BCUT2D eigenvalue weighted by molar-refractivity contribution is 6.05. The first kappa shape index (κ1) is 32.0. The SMILES string of the molecule is C=CCCCCOC(=O)[C@@H]1[C@H]2C(=O)N([C@@H](CO)C(C)C)C(C(=O)N(CC=C)c3cc(C)ccc3C)C23CC(C)[C@@]1(C)O3. The van der Waals surface area contributed by atoms with Crippen molar-refractivity contribution in [3.8, 4) is 0 Å². The van der Waals surface area contributed by atoms with E-state index in [1.54, 1.807) is 15.9 Å². The molecule has 1 aromatic rings. The monoisotopic (exact) mass is 580 g/mol. The Balaban J connectivity index is 1.82. The van der Waals surface area contributed by atoms with Crippen LogP contribution in [-0.2, 0) is 23.9 Å². The second kappa shape index (κ2) is 12.3. The van der Waals surface area contributed by atoms with E-state index in [4.69, 9.17) is 9.47 Å². The van der Waals surface area contributed by atoms with Gasteiger partial charge in [0.2, 0.25) is 5.91 Å². The van der Waals surface area contributed by atoms with E-state index < -0.39 is 41.1 Å². The molecule has 1 aromatic carbocycles. The Morgan fingerprint density at radius 3 is 2.57 bits per heavy atom. The normalized spacial score (nSPS) is 30.4. The van der Waals surface area contributed by atoms with Gasteiger partial charge in [0.1, 0.15) is 17.6 Å². The maximum absolute atomic E-state index is 14.9. The highest BCUT2D eigenvalue weighted by atomic mass is 16.6. The zero-order valence-electron chi connectivity index (χ0n) is 26.1. The van der Waals surface area contributed by atoms with E-state index in [0.717, 1.165) is 29.7 Å². The van der Waals surface area contributed by atoms with E-state index in [1.165, 1.54) is 0 Å². The van der Waals surface area contributed by atoms with Crippen molar-refractivity contribution >= 4 is 23.5 Å². The number of unbranched alkanes of at least 4 members (excludes halogenated alkanes) is 2. The van der Waals surface area contributed by atoms with Crippen LogP contribution in [0, 0.1) is 37.5 Å². The Morgan fingerprint density at radius 2 is 1.95 bits per heavy atom. The van der Waals surface area contributed by atoms with Crippen molar-refractivity contribution in [2.45, 2.75) is 90.5 Å². The number of hydrogen-bond acceptors (Lipinski definition) is 6. The summed E-state index contributed by atoms with van der Waals surface area (Å²) in [6, 6.07) is 4.27. The van der Waals surface area contributed by atoms with Crippen LogP contribution >= 0.6 is 0 Å². The molecule has 1 spiro atoms. The minimum Gasteiger partial charge on any atom is -0.465 e. The molecular weight excluding hydrogens is 532 g/mol. The topological polar surface area (TPSA) is 96.4 Å². The average Bonchev–Trinajstić information content (AvgIpc) is 3.45. The number of fused-ring (bicyclic) bond motifs is 1. The fraction of sp³-hybridized carbons (Fsp3) is 0.618. The number of likely N-dealkylation sites (tertiary alicyclic amines) is 1. The molecule has 42 heavy (non-hydrogen) atoms. The van der Waals surface area contributed by atoms with Crippen molar-refractivity contribution in [2.24, 2.45) is 23.7 Å². The summed E-state index contributed by atoms with van der Waals surface area (Å²) in [6.45, 7) is 19.5. The maximum Gasteiger partial charge on any atom is 0.312 e. The summed E-state index contributed by atoms with van der Waals surface area (Å²) in [6.07, 6.45) is 6.34. The molecule has 3 heterocycles. The molecule has 8 nitrogen and oxygen atoms in total. The number of hydrogen-bond donors (Lipinski definition) is 1. The van der Waals surface area contributed by atoms with E-state index in [0.29, 0.717) is 12.8 Å². The first-order chi connectivity index (χ1) is 19.9. The van der Waals surface area contributed by atoms with Gasteiger partial charge in [0, 0.05) is 12.2 Å². The first-order valence-electron chi connectivity index (χ1n) is 15.3. The molecule has 3 fully saturated rings. The van der Waals surface area contributed by atoms with Gasteiger partial charge in [-0.1, -0.05) is 45.1 Å². The third-order valence-corrected chi connectivity index (χ3v) is 9.83. The number of ether oxygens (including phenoxy) is 2. The smallest absolute Gasteiger partial charge is 0.312 e. The van der Waals surface area contributed by atoms with Crippen LogP contribution in [-0.4, -0.2) is 70.8 Å². The standard InChI is InChI=1S/C34H48N2O6/c1-9-11-12-13-17-41-32(40)28-27-30(38)36(26(20-37)21(3)4)29(34(27)19-24(7)33(28,8)42-34)31(39)35(16-10-2)25-18-22(5)14-15-23(25)6/h9-10,14-15,18,21,24,26-29,37H,1-2,11-13,16-17,19-20H2,3-8H3/t24?,26-,27-,28-,29?,33+,34?/m0/s1. The van der Waals surface area contributed by atoms with Crippen molar-refractivity contribution in [3.05, 3.63) is 54.6 Å². The molecule has 0 aliphatic carbocycles. The summed E-state index contributed by atoms with van der Waals surface area (Å²) < 4.78 is 12.6. The molecule has 2 bridgehead atoms. The number of aliphatic hydroxyl groups is 1. The number of rotatable bonds is 13. The third kappa shape index (κ3) is 5.11. The van der Waals surface area contributed by atoms with Gasteiger partial charge in [-0.25, -0.2) is 0 Å². The zero-order valence-corrected chi connectivity index (χ0v) is 26.1. The van der Waals surface area contributed by atoms with Gasteiger partial charge < -0.3 is 24.4 Å². The van der Waals surface area contributed by atoms with Crippen molar-refractivity contribution < 1.29 is 29.0 Å². The second-order valence-electron chi connectivity index (χ2n) is 12.9. The van der Waals surface area contributed by atoms with Crippen molar-refractivity contribution in [1.82, 2.24) is 4.90 Å². The van der Waals surface area contributed by atoms with E-state index >= 15 is 0 Å². The molecule has 3 aliphatic rings. The first-order valence-corrected chi connectivity index (χ1v) is 15.3. The van der Waals surface area contributed by atoms with E-state index in [-0.39, 0.29) is 43.4 Å². The number of aliphatic hydroxyl groups excluding tert-OH is 1. The highest BCUT2D eigenvalue weighted by Crippen LogP contribution is 2.66. The van der Waals surface area contributed by atoms with Gasteiger partial charge in [-0.05, 0) is 75.5 Å². The predicted octanol–water partition coefficient (Wildman–Crippen LogP) is 4.75. The molecule has 0 aromatic heterocycles. The highest BCUT2D eigenvalue weighted by Gasteiger charge is 2.81. The van der Waals surface area contributed by atoms with Gasteiger partial charge in [-0.3, -0.25) is 14.4 Å². The Hall–Kier alpha value is -2.97. The number of carbonyl (C=O) groups is 3. The molecular formula is C34H48N2O6. The molecule has 0 radical (unpaired) electrons. The van der Waals surface area contributed by atoms with Crippen LogP contribution in [0.3, 0.4) is 0 Å². The predicted molar refractivity (Wildman–Crippen MR) is 163 cm³/mol. The molecule has 3 saturated heterocycles. The number of amides is 2. The average molecular weight is 581 g/mol. The molecule has 8 heteroatoms. The number of nitrogens with zero attached hydrogens (tertiary/aromatic N) is 2. The molecule has 2 amide bonds. The van der Waals surface area contributed by atoms with Gasteiger partial charge in [-0.2, -0.15) is 0 Å². The molecule has 1 N–H and O–H groups in total. The minimum absolute atomic E-state index is 0.102. The summed E-state index contributed by atoms with van der Waals surface area (Å²) >= 11 is 0. The number of benzene rings is 1. The maximum atomic E-state index is 14.9. The number of anilines is 1.